The summed E-state index contributed by atoms with van der Waals surface area (Å²) >= 11 is 4.34. The molecule has 0 N–H and O–H groups in total. The van der Waals surface area contributed by atoms with Gasteiger partial charge in [-0.25, -0.2) is 9.78 Å². The van der Waals surface area contributed by atoms with Gasteiger partial charge >= 0.3 is 6.09 Å². The monoisotopic (exact) mass is 341 g/mol. The Morgan fingerprint density at radius 2 is 2.22 bits per heavy atom. The average Bonchev–Trinajstić information content (AvgIpc) is 3.03. The summed E-state index contributed by atoms with van der Waals surface area (Å²) in [5, 5.41) is 0.635. The van der Waals surface area contributed by atoms with Gasteiger partial charge in [-0.15, -0.1) is 12.6 Å². The van der Waals surface area contributed by atoms with E-state index in [9.17, 15) is 4.79 Å². The first-order valence-electron chi connectivity index (χ1n) is 8.15. The lowest BCUT2D eigenvalue weighted by atomic mass is 10.2. The Bertz CT molecular complexity index is 539. The van der Waals surface area contributed by atoms with Crippen molar-refractivity contribution in [1.82, 2.24) is 14.5 Å². The van der Waals surface area contributed by atoms with Gasteiger partial charge in [-0.3, -0.25) is 4.90 Å². The van der Waals surface area contributed by atoms with E-state index >= 15 is 0 Å². The summed E-state index contributed by atoms with van der Waals surface area (Å²) in [4.78, 5) is 18.7. The Kier molecular flexibility index (Phi) is 5.97. The molecule has 0 aliphatic carbocycles. The number of hydrogen-bond donors (Lipinski definition) is 1. The number of hydrogen-bond acceptors (Lipinski definition) is 5. The van der Waals surface area contributed by atoms with Crippen molar-refractivity contribution in [3.8, 4) is 0 Å². The first-order chi connectivity index (χ1) is 10.8. The van der Waals surface area contributed by atoms with E-state index in [-0.39, 0.29) is 12.1 Å². The molecule has 1 fully saturated rings. The minimum absolute atomic E-state index is 0.0871. The lowest BCUT2D eigenvalue weighted by Gasteiger charge is -2.28. The highest BCUT2D eigenvalue weighted by Gasteiger charge is 2.35. The van der Waals surface area contributed by atoms with Crippen molar-refractivity contribution in [1.29, 1.82) is 0 Å². The fraction of sp³-hybridized carbons (Fsp3) is 0.750. The Labute approximate surface area is 143 Å². The van der Waals surface area contributed by atoms with Gasteiger partial charge in [0.1, 0.15) is 23.2 Å². The fourth-order valence-corrected chi connectivity index (χ4v) is 2.91. The number of amides is 1. The molecular formula is C16H27N3O3S. The largest absolute Gasteiger partial charge is 0.444 e. The third kappa shape index (κ3) is 4.88. The molecular weight excluding hydrogens is 314 g/mol. The van der Waals surface area contributed by atoms with Crippen LogP contribution in [0.2, 0.25) is 0 Å². The molecule has 0 spiro atoms. The normalized spacial score (nSPS) is 18.5. The number of likely N-dealkylation sites (tertiary alicyclic amines) is 1. The van der Waals surface area contributed by atoms with Crippen LogP contribution in [0.3, 0.4) is 0 Å². The third-order valence-corrected chi connectivity index (χ3v) is 3.77. The van der Waals surface area contributed by atoms with Crippen LogP contribution in [0.1, 0.15) is 58.8 Å². The second kappa shape index (κ2) is 7.57. The quantitative estimate of drug-likeness (QED) is 0.656. The predicted molar refractivity (Wildman–Crippen MR) is 90.6 cm³/mol. The number of imidazole rings is 1. The standard InChI is InChI=1S/C16H27N3O3S/c1-5-9-21-11-18-10-13(23)17-14(18)12-7-6-8-19(12)15(20)22-16(2,3)4/h10,12,23H,5-9,11H2,1-4H3/t12-/m0/s1. The van der Waals surface area contributed by atoms with Crippen LogP contribution in [0.5, 0.6) is 0 Å². The van der Waals surface area contributed by atoms with Crippen LogP contribution in [-0.2, 0) is 16.2 Å². The van der Waals surface area contributed by atoms with Crippen molar-refractivity contribution in [3.05, 3.63) is 12.0 Å². The summed E-state index contributed by atoms with van der Waals surface area (Å²) < 4.78 is 13.1. The molecule has 0 saturated carbocycles. The van der Waals surface area contributed by atoms with E-state index in [1.807, 2.05) is 31.5 Å². The Balaban J connectivity index is 2.14. The summed E-state index contributed by atoms with van der Waals surface area (Å²) in [6.45, 7) is 9.50. The third-order valence-electron chi connectivity index (χ3n) is 3.55. The number of aromatic nitrogens is 2. The lowest BCUT2D eigenvalue weighted by molar-refractivity contribution is 0.0202. The van der Waals surface area contributed by atoms with E-state index in [1.54, 1.807) is 4.90 Å². The molecule has 6 nitrogen and oxygen atoms in total. The molecule has 1 aromatic heterocycles. The Hall–Kier alpha value is -1.21. The molecule has 1 amide bonds. The van der Waals surface area contributed by atoms with Crippen LogP contribution in [-0.4, -0.2) is 39.3 Å². The number of thiol groups is 1. The zero-order chi connectivity index (χ0) is 17.0. The van der Waals surface area contributed by atoms with Gasteiger partial charge in [0.15, 0.2) is 0 Å². The molecule has 7 heteroatoms. The molecule has 0 unspecified atom stereocenters. The van der Waals surface area contributed by atoms with E-state index in [4.69, 9.17) is 9.47 Å². The zero-order valence-corrected chi connectivity index (χ0v) is 15.3. The van der Waals surface area contributed by atoms with Crippen molar-refractivity contribution < 1.29 is 14.3 Å². The van der Waals surface area contributed by atoms with Crippen LogP contribution in [0.4, 0.5) is 4.79 Å². The smallest absolute Gasteiger partial charge is 0.410 e. The van der Waals surface area contributed by atoms with Gasteiger partial charge in [0.2, 0.25) is 0 Å². The van der Waals surface area contributed by atoms with Crippen molar-refractivity contribution in [2.45, 2.75) is 70.4 Å². The molecule has 0 aromatic carbocycles. The van der Waals surface area contributed by atoms with Crippen LogP contribution in [0.15, 0.2) is 11.2 Å². The van der Waals surface area contributed by atoms with Gasteiger partial charge in [0.25, 0.3) is 0 Å². The van der Waals surface area contributed by atoms with Gasteiger partial charge in [-0.2, -0.15) is 0 Å². The van der Waals surface area contributed by atoms with Gasteiger partial charge in [0, 0.05) is 19.3 Å². The minimum Gasteiger partial charge on any atom is -0.444 e. The SMILES string of the molecule is CCCOCn1cc(S)nc1[C@@H]1CCCN1C(=O)OC(C)(C)C. The second-order valence-corrected chi connectivity index (χ2v) is 7.25. The predicted octanol–water partition coefficient (Wildman–Crippen LogP) is 3.63. The molecule has 1 saturated heterocycles. The van der Waals surface area contributed by atoms with Gasteiger partial charge in [-0.1, -0.05) is 6.92 Å². The number of carbonyl (C=O) groups is 1. The van der Waals surface area contributed by atoms with Crippen LogP contribution < -0.4 is 0 Å². The molecule has 0 bridgehead atoms. The summed E-state index contributed by atoms with van der Waals surface area (Å²) in [5.74, 6) is 0.814. The molecule has 2 heterocycles. The Morgan fingerprint density at radius 3 is 2.87 bits per heavy atom. The van der Waals surface area contributed by atoms with Gasteiger partial charge < -0.3 is 14.0 Å². The second-order valence-electron chi connectivity index (χ2n) is 6.80. The van der Waals surface area contributed by atoms with Crippen LogP contribution in [0.25, 0.3) is 0 Å². The van der Waals surface area contributed by atoms with Crippen molar-refractivity contribution in [2.24, 2.45) is 0 Å². The minimum atomic E-state index is -0.501. The highest BCUT2D eigenvalue weighted by atomic mass is 32.1. The first-order valence-corrected chi connectivity index (χ1v) is 8.60. The number of carbonyl (C=O) groups excluding carboxylic acids is 1. The number of rotatable bonds is 5. The molecule has 1 atom stereocenters. The molecule has 1 aliphatic heterocycles. The number of nitrogens with zero attached hydrogens (tertiary/aromatic N) is 3. The molecule has 0 radical (unpaired) electrons. The maximum absolute atomic E-state index is 12.4. The van der Waals surface area contributed by atoms with Crippen molar-refractivity contribution in [3.63, 3.8) is 0 Å². The Morgan fingerprint density at radius 1 is 1.48 bits per heavy atom. The lowest BCUT2D eigenvalue weighted by Crippen LogP contribution is -2.37. The van der Waals surface area contributed by atoms with Gasteiger partial charge in [0.05, 0.1) is 6.04 Å². The highest BCUT2D eigenvalue weighted by Crippen LogP contribution is 2.33. The molecule has 23 heavy (non-hydrogen) atoms. The maximum atomic E-state index is 12.4. The first kappa shape index (κ1) is 18.1. The average molecular weight is 341 g/mol. The van der Waals surface area contributed by atoms with E-state index in [0.717, 1.165) is 25.1 Å². The van der Waals surface area contributed by atoms with Crippen LogP contribution >= 0.6 is 12.6 Å². The van der Waals surface area contributed by atoms with Crippen molar-refractivity contribution in [2.75, 3.05) is 13.2 Å². The van der Waals surface area contributed by atoms with E-state index in [2.05, 4.69) is 24.5 Å². The summed E-state index contributed by atoms with van der Waals surface area (Å²) in [5.41, 5.74) is -0.501. The molecule has 1 aliphatic rings. The summed E-state index contributed by atoms with van der Waals surface area (Å²) in [6, 6.07) is -0.0871. The van der Waals surface area contributed by atoms with E-state index in [1.165, 1.54) is 0 Å². The zero-order valence-electron chi connectivity index (χ0n) is 14.4. The topological polar surface area (TPSA) is 56.6 Å². The molecule has 1 aromatic rings. The highest BCUT2D eigenvalue weighted by molar-refractivity contribution is 7.80. The molecule has 130 valence electrons. The van der Waals surface area contributed by atoms with Crippen LogP contribution in [0, 0.1) is 0 Å². The van der Waals surface area contributed by atoms with E-state index < -0.39 is 5.60 Å². The fourth-order valence-electron chi connectivity index (χ4n) is 2.67. The number of ether oxygens (including phenoxy) is 2. The summed E-state index contributed by atoms with van der Waals surface area (Å²) in [7, 11) is 0. The van der Waals surface area contributed by atoms with E-state index in [0.29, 0.717) is 24.9 Å². The summed E-state index contributed by atoms with van der Waals surface area (Å²) in [6.07, 6.45) is 4.33. The van der Waals surface area contributed by atoms with Crippen molar-refractivity contribution >= 4 is 18.7 Å². The van der Waals surface area contributed by atoms with Gasteiger partial charge in [-0.05, 0) is 40.0 Å². The molecule has 2 rings (SSSR count). The maximum Gasteiger partial charge on any atom is 0.410 e.